The Morgan fingerprint density at radius 2 is 0.625 bits per heavy atom. The second-order valence-corrected chi connectivity index (χ2v) is 21.6. The summed E-state index contributed by atoms with van der Waals surface area (Å²) in [4.78, 5) is 23.2. The first-order valence-electron chi connectivity index (χ1n) is 28.6. The standard InChI is InChI=1S/C79H45N9/c1-82-63-25-13-23-56(41-63)60-32-37-74-69(45-60)70-46-61(57-24-14-26-64(42-57)83-2)33-38-75(70)88(74)76-47-62(79-85-77(52-17-5-3-6-18-52)84-78(86-79)53-19-7-4-8-20-53)29-34-66(76)65-27-9-10-28-71(65)87-72-35-30-58(54-21-11-15-50(39-54)48-80)43-67(72)68-44-59(31-36-73(68)87)55-22-12-16-51(40-55)49-81/h3-47H. The summed E-state index contributed by atoms with van der Waals surface area (Å²) in [6.07, 6.45) is 0. The average Bonchev–Trinajstić information content (AvgIpc) is 1.62. The van der Waals surface area contributed by atoms with E-state index in [0.29, 0.717) is 40.0 Å². The van der Waals surface area contributed by atoms with Gasteiger partial charge in [0.15, 0.2) is 28.8 Å². The fraction of sp³-hybridized carbons (Fsp3) is 0. The third-order valence-corrected chi connectivity index (χ3v) is 16.4. The van der Waals surface area contributed by atoms with E-state index in [9.17, 15) is 10.5 Å². The van der Waals surface area contributed by atoms with Crippen LogP contribution in [0.15, 0.2) is 273 Å². The van der Waals surface area contributed by atoms with Crippen molar-refractivity contribution < 1.29 is 0 Å². The smallest absolute Gasteiger partial charge is 0.187 e. The molecule has 15 aromatic rings. The van der Waals surface area contributed by atoms with Gasteiger partial charge in [-0.05, 0) is 142 Å². The number of nitriles is 2. The van der Waals surface area contributed by atoms with E-state index in [0.717, 1.165) is 127 Å². The lowest BCUT2D eigenvalue weighted by Gasteiger charge is -2.20. The van der Waals surface area contributed by atoms with Crippen LogP contribution in [0.3, 0.4) is 0 Å². The van der Waals surface area contributed by atoms with E-state index >= 15 is 0 Å². The van der Waals surface area contributed by atoms with Crippen molar-refractivity contribution in [1.29, 1.82) is 10.5 Å². The largest absolute Gasteiger partial charge is 0.309 e. The summed E-state index contributed by atoms with van der Waals surface area (Å²) < 4.78 is 4.71. The van der Waals surface area contributed by atoms with Crippen LogP contribution in [0.2, 0.25) is 0 Å². The zero-order chi connectivity index (χ0) is 59.2. The van der Waals surface area contributed by atoms with Gasteiger partial charge in [0.25, 0.3) is 0 Å². The molecule has 0 aliphatic carbocycles. The summed E-state index contributed by atoms with van der Waals surface area (Å²) in [6, 6.07) is 96.8. The average molecular weight is 1120 g/mol. The first-order valence-corrected chi connectivity index (χ1v) is 28.6. The minimum Gasteiger partial charge on any atom is -0.309 e. The first kappa shape index (κ1) is 52.0. The Balaban J connectivity index is 1.02. The summed E-state index contributed by atoms with van der Waals surface area (Å²) in [6.45, 7) is 15.7. The molecule has 88 heavy (non-hydrogen) atoms. The molecule has 0 fully saturated rings. The molecule has 0 unspecified atom stereocenters. The van der Waals surface area contributed by atoms with Crippen molar-refractivity contribution in [3.05, 3.63) is 307 Å². The Hall–Kier alpha value is -12.8. The maximum absolute atomic E-state index is 9.95. The lowest BCUT2D eigenvalue weighted by Crippen LogP contribution is -2.04. The van der Waals surface area contributed by atoms with E-state index in [1.165, 1.54) is 0 Å². The predicted molar refractivity (Wildman–Crippen MR) is 354 cm³/mol. The molecule has 0 N–H and O–H groups in total. The molecule has 0 amide bonds. The van der Waals surface area contributed by atoms with Crippen LogP contribution in [0.5, 0.6) is 0 Å². The van der Waals surface area contributed by atoms with E-state index < -0.39 is 0 Å². The lowest BCUT2D eigenvalue weighted by atomic mass is 9.98. The van der Waals surface area contributed by atoms with Gasteiger partial charge in [-0.2, -0.15) is 10.5 Å². The zero-order valence-electron chi connectivity index (χ0n) is 47.0. The first-order chi connectivity index (χ1) is 43.4. The maximum atomic E-state index is 9.95. The highest BCUT2D eigenvalue weighted by Gasteiger charge is 2.24. The molecule has 0 saturated heterocycles. The number of fused-ring (bicyclic) bond motifs is 6. The summed E-state index contributed by atoms with van der Waals surface area (Å²) in [5.41, 5.74) is 20.0. The SMILES string of the molecule is [C-]#[N+]c1cccc(-c2ccc3c(c2)c2cc(-c4cccc([N+]#[C-])c4)ccc2n3-c2cc(-c3nc(-c4ccccc4)nc(-c4ccccc4)n3)ccc2-c2ccccc2-n2c3ccc(-c4cccc(C#N)c4)cc3c3cc(-c4cccc(C#N)c4)ccc32)c1. The molecule has 9 heteroatoms. The van der Waals surface area contributed by atoms with E-state index in [1.54, 1.807) is 0 Å². The third-order valence-electron chi connectivity index (χ3n) is 16.4. The van der Waals surface area contributed by atoms with Gasteiger partial charge in [0.2, 0.25) is 0 Å². The fourth-order valence-electron chi connectivity index (χ4n) is 12.2. The fourth-order valence-corrected chi connectivity index (χ4v) is 12.2. The normalized spacial score (nSPS) is 11.1. The molecular formula is C79H45N9. The minimum atomic E-state index is 0.508. The quantitative estimate of drug-likeness (QED) is 0.127. The van der Waals surface area contributed by atoms with Crippen LogP contribution >= 0.6 is 0 Å². The zero-order valence-corrected chi connectivity index (χ0v) is 47.0. The second-order valence-electron chi connectivity index (χ2n) is 21.6. The molecule has 0 aliphatic rings. The van der Waals surface area contributed by atoms with Gasteiger partial charge in [-0.1, -0.05) is 176 Å². The lowest BCUT2D eigenvalue weighted by molar-refractivity contribution is 1.07. The molecule has 0 radical (unpaired) electrons. The van der Waals surface area contributed by atoms with Crippen molar-refractivity contribution in [2.24, 2.45) is 0 Å². The van der Waals surface area contributed by atoms with Gasteiger partial charge >= 0.3 is 0 Å². The molecule has 3 aromatic heterocycles. The topological polar surface area (TPSA) is 105 Å². The van der Waals surface area contributed by atoms with Gasteiger partial charge in [0, 0.05) is 49.4 Å². The van der Waals surface area contributed by atoms with Crippen LogP contribution in [0.25, 0.3) is 154 Å². The molecule has 15 rings (SSSR count). The molecule has 0 aliphatic heterocycles. The molecule has 0 atom stereocenters. The minimum absolute atomic E-state index is 0.508. The van der Waals surface area contributed by atoms with E-state index in [-0.39, 0.29) is 0 Å². The Morgan fingerprint density at radius 3 is 1.06 bits per heavy atom. The van der Waals surface area contributed by atoms with E-state index in [2.05, 4.69) is 146 Å². The monoisotopic (exact) mass is 1120 g/mol. The summed E-state index contributed by atoms with van der Waals surface area (Å²) in [7, 11) is 0. The van der Waals surface area contributed by atoms with Gasteiger partial charge in [-0.25, -0.2) is 24.6 Å². The van der Waals surface area contributed by atoms with E-state index in [4.69, 9.17) is 28.1 Å². The Labute approximate surface area is 507 Å². The van der Waals surface area contributed by atoms with Crippen LogP contribution in [0.1, 0.15) is 11.1 Å². The third kappa shape index (κ3) is 9.24. The molecule has 12 aromatic carbocycles. The van der Waals surface area contributed by atoms with E-state index in [1.807, 2.05) is 158 Å². The molecule has 0 spiro atoms. The molecule has 0 saturated carbocycles. The van der Waals surface area contributed by atoms with Crippen molar-refractivity contribution in [2.75, 3.05) is 0 Å². The number of para-hydroxylation sites is 1. The van der Waals surface area contributed by atoms with Crippen molar-refractivity contribution in [3.8, 4) is 113 Å². The second kappa shape index (κ2) is 21.8. The van der Waals surface area contributed by atoms with Gasteiger partial charge in [0.05, 0.1) is 69.9 Å². The summed E-state index contributed by atoms with van der Waals surface area (Å²) in [5, 5.41) is 24.0. The van der Waals surface area contributed by atoms with Crippen LogP contribution < -0.4 is 0 Å². The van der Waals surface area contributed by atoms with Crippen LogP contribution in [-0.2, 0) is 0 Å². The van der Waals surface area contributed by atoms with Crippen molar-refractivity contribution in [1.82, 2.24) is 24.1 Å². The molecule has 9 nitrogen and oxygen atoms in total. The highest BCUT2D eigenvalue weighted by atomic mass is 15.0. The molecule has 406 valence electrons. The van der Waals surface area contributed by atoms with Gasteiger partial charge in [-0.15, -0.1) is 0 Å². The number of benzene rings is 12. The predicted octanol–water partition coefficient (Wildman–Crippen LogP) is 20.2. The van der Waals surface area contributed by atoms with Gasteiger partial charge in [0.1, 0.15) is 0 Å². The van der Waals surface area contributed by atoms with Crippen molar-refractivity contribution in [3.63, 3.8) is 0 Å². The van der Waals surface area contributed by atoms with Gasteiger partial charge in [-0.3, -0.25) is 0 Å². The van der Waals surface area contributed by atoms with Gasteiger partial charge < -0.3 is 9.13 Å². The Kier molecular flexibility index (Phi) is 12.9. The van der Waals surface area contributed by atoms with Crippen LogP contribution in [0, 0.1) is 35.8 Å². The molecule has 0 bridgehead atoms. The molecular weight excluding hydrogens is 1070 g/mol. The maximum Gasteiger partial charge on any atom is 0.187 e. The highest BCUT2D eigenvalue weighted by Crippen LogP contribution is 2.45. The summed E-state index contributed by atoms with van der Waals surface area (Å²) >= 11 is 0. The number of hydrogen-bond acceptors (Lipinski definition) is 5. The number of aromatic nitrogens is 5. The number of rotatable bonds is 10. The Bertz CT molecular complexity index is 5230. The van der Waals surface area contributed by atoms with Crippen molar-refractivity contribution in [2.45, 2.75) is 0 Å². The summed E-state index contributed by atoms with van der Waals surface area (Å²) in [5.74, 6) is 1.61. The molecule has 3 heterocycles. The van der Waals surface area contributed by atoms with Crippen molar-refractivity contribution >= 4 is 55.0 Å². The van der Waals surface area contributed by atoms with Crippen LogP contribution in [0.4, 0.5) is 11.4 Å². The number of hydrogen-bond donors (Lipinski definition) is 0. The highest BCUT2D eigenvalue weighted by molar-refractivity contribution is 6.14. The Morgan fingerprint density at radius 1 is 0.284 bits per heavy atom. The van der Waals surface area contributed by atoms with Crippen LogP contribution in [-0.4, -0.2) is 24.1 Å². The number of nitrogens with zero attached hydrogens (tertiary/aromatic N) is 9.